The molecule has 0 radical (unpaired) electrons. The molecule has 1 N–H and O–H groups in total. The summed E-state index contributed by atoms with van der Waals surface area (Å²) in [7, 11) is -3.46. The first-order valence-electron chi connectivity index (χ1n) is 5.89. The molecule has 0 aromatic carbocycles. The normalized spacial score (nSPS) is 24.7. The van der Waals surface area contributed by atoms with Crippen molar-refractivity contribution in [3.8, 4) is 0 Å². The Bertz CT molecular complexity index is 497. The van der Waals surface area contributed by atoms with Crippen molar-refractivity contribution in [2.24, 2.45) is 0 Å². The van der Waals surface area contributed by atoms with E-state index in [4.69, 9.17) is 9.47 Å². The maximum Gasteiger partial charge on any atom is 0.260 e. The lowest BCUT2D eigenvalue weighted by molar-refractivity contribution is -0.179. The van der Waals surface area contributed by atoms with Gasteiger partial charge >= 0.3 is 0 Å². The zero-order valence-electron chi connectivity index (χ0n) is 9.83. The Labute approximate surface area is 105 Å². The molecule has 2 saturated heterocycles. The molecule has 1 aromatic rings. The molecule has 18 heavy (non-hydrogen) atoms. The van der Waals surface area contributed by atoms with Gasteiger partial charge in [0.1, 0.15) is 0 Å². The van der Waals surface area contributed by atoms with Gasteiger partial charge in [-0.05, 0) is 0 Å². The van der Waals surface area contributed by atoms with Crippen LogP contribution in [0.25, 0.3) is 0 Å². The van der Waals surface area contributed by atoms with Crippen molar-refractivity contribution in [3.05, 3.63) is 12.5 Å². The van der Waals surface area contributed by atoms with E-state index in [1.807, 2.05) is 0 Å². The van der Waals surface area contributed by atoms with E-state index in [0.717, 1.165) is 0 Å². The zero-order valence-corrected chi connectivity index (χ0v) is 10.6. The zero-order chi connectivity index (χ0) is 12.6. The summed E-state index contributed by atoms with van der Waals surface area (Å²) in [5.41, 5.74) is 0. The molecule has 0 amide bonds. The number of sulfonamides is 1. The molecule has 0 bridgehead atoms. The molecule has 7 nitrogen and oxygen atoms in total. The number of aromatic amines is 1. The van der Waals surface area contributed by atoms with Crippen molar-refractivity contribution in [1.82, 2.24) is 14.3 Å². The molecule has 0 aliphatic carbocycles. The molecular weight excluding hydrogens is 258 g/mol. The summed E-state index contributed by atoms with van der Waals surface area (Å²) < 4.78 is 37.0. The molecule has 2 aliphatic heterocycles. The van der Waals surface area contributed by atoms with Gasteiger partial charge < -0.3 is 14.5 Å². The Morgan fingerprint density at radius 2 is 1.94 bits per heavy atom. The summed E-state index contributed by atoms with van der Waals surface area (Å²) >= 11 is 0. The average molecular weight is 273 g/mol. The number of rotatable bonds is 2. The monoisotopic (exact) mass is 273 g/mol. The number of ether oxygens (including phenoxy) is 2. The van der Waals surface area contributed by atoms with Gasteiger partial charge in [-0.25, -0.2) is 13.4 Å². The second-order valence-electron chi connectivity index (χ2n) is 4.43. The Hall–Kier alpha value is -0.960. The van der Waals surface area contributed by atoms with Gasteiger partial charge in [0, 0.05) is 25.9 Å². The molecular formula is C10H15N3O4S. The predicted molar refractivity (Wildman–Crippen MR) is 61.2 cm³/mol. The van der Waals surface area contributed by atoms with Crippen LogP contribution in [0.4, 0.5) is 0 Å². The maximum atomic E-state index is 12.2. The molecule has 2 fully saturated rings. The Morgan fingerprint density at radius 1 is 1.28 bits per heavy atom. The summed E-state index contributed by atoms with van der Waals surface area (Å²) in [6.07, 6.45) is 3.82. The third-order valence-corrected chi connectivity index (χ3v) is 5.21. The molecule has 0 saturated carbocycles. The second-order valence-corrected chi connectivity index (χ2v) is 6.33. The van der Waals surface area contributed by atoms with E-state index in [0.29, 0.717) is 39.1 Å². The van der Waals surface area contributed by atoms with E-state index in [9.17, 15) is 8.42 Å². The number of H-pyrrole nitrogens is 1. The number of nitrogens with zero attached hydrogens (tertiary/aromatic N) is 2. The molecule has 3 heterocycles. The third kappa shape index (κ3) is 1.95. The Balaban J connectivity index is 1.73. The Morgan fingerprint density at radius 3 is 2.50 bits per heavy atom. The van der Waals surface area contributed by atoms with E-state index in [-0.39, 0.29) is 5.03 Å². The molecule has 1 spiro atoms. The van der Waals surface area contributed by atoms with Crippen molar-refractivity contribution >= 4 is 10.0 Å². The van der Waals surface area contributed by atoms with Crippen molar-refractivity contribution in [2.75, 3.05) is 26.3 Å². The number of piperidine rings is 1. The molecule has 2 aliphatic rings. The smallest absolute Gasteiger partial charge is 0.260 e. The van der Waals surface area contributed by atoms with Crippen LogP contribution in [-0.2, 0) is 19.5 Å². The van der Waals surface area contributed by atoms with Gasteiger partial charge in [0.2, 0.25) is 0 Å². The highest BCUT2D eigenvalue weighted by molar-refractivity contribution is 7.89. The third-order valence-electron chi connectivity index (χ3n) is 3.39. The quantitative estimate of drug-likeness (QED) is 0.816. The summed E-state index contributed by atoms with van der Waals surface area (Å²) in [4.78, 5) is 6.38. The fraction of sp³-hybridized carbons (Fsp3) is 0.700. The molecule has 0 unspecified atom stereocenters. The van der Waals surface area contributed by atoms with Crippen molar-refractivity contribution in [1.29, 1.82) is 0 Å². The number of hydrogen-bond donors (Lipinski definition) is 1. The van der Waals surface area contributed by atoms with Crippen molar-refractivity contribution in [3.63, 3.8) is 0 Å². The minimum absolute atomic E-state index is 0.131. The fourth-order valence-electron chi connectivity index (χ4n) is 2.38. The summed E-state index contributed by atoms with van der Waals surface area (Å²) in [6, 6.07) is 0. The molecule has 8 heteroatoms. The van der Waals surface area contributed by atoms with E-state index in [2.05, 4.69) is 9.97 Å². The lowest BCUT2D eigenvalue weighted by atomic mass is 10.1. The summed E-state index contributed by atoms with van der Waals surface area (Å²) in [5, 5.41) is 0.131. The lowest BCUT2D eigenvalue weighted by Gasteiger charge is -2.36. The molecule has 0 atom stereocenters. The van der Waals surface area contributed by atoms with Gasteiger partial charge in [0.15, 0.2) is 10.8 Å². The summed E-state index contributed by atoms with van der Waals surface area (Å²) in [6.45, 7) is 1.99. The van der Waals surface area contributed by atoms with Gasteiger partial charge in [0.05, 0.1) is 25.7 Å². The van der Waals surface area contributed by atoms with Crippen LogP contribution < -0.4 is 0 Å². The van der Waals surface area contributed by atoms with Gasteiger partial charge in [-0.15, -0.1) is 0 Å². The highest BCUT2D eigenvalue weighted by atomic mass is 32.2. The van der Waals surface area contributed by atoms with Gasteiger partial charge in [-0.1, -0.05) is 0 Å². The lowest BCUT2D eigenvalue weighted by Crippen LogP contribution is -2.47. The highest BCUT2D eigenvalue weighted by Gasteiger charge is 2.42. The van der Waals surface area contributed by atoms with Crippen LogP contribution >= 0.6 is 0 Å². The summed E-state index contributed by atoms with van der Waals surface area (Å²) in [5.74, 6) is -0.556. The minimum Gasteiger partial charge on any atom is -0.347 e. The number of aromatic nitrogens is 2. The van der Waals surface area contributed by atoms with Crippen LogP contribution in [-0.4, -0.2) is 54.8 Å². The van der Waals surface area contributed by atoms with Crippen LogP contribution in [0, 0.1) is 0 Å². The van der Waals surface area contributed by atoms with Gasteiger partial charge in [-0.3, -0.25) is 0 Å². The highest BCUT2D eigenvalue weighted by Crippen LogP contribution is 2.32. The fourth-order valence-corrected chi connectivity index (χ4v) is 3.71. The number of imidazole rings is 1. The van der Waals surface area contributed by atoms with Crippen molar-refractivity contribution < 1.29 is 17.9 Å². The first kappa shape index (κ1) is 12.1. The number of nitrogens with one attached hydrogen (secondary N) is 1. The Kier molecular flexibility index (Phi) is 2.89. The predicted octanol–water partition coefficient (Wildman–Crippen LogP) is -0.0627. The van der Waals surface area contributed by atoms with Crippen LogP contribution in [0.3, 0.4) is 0 Å². The topological polar surface area (TPSA) is 84.5 Å². The number of hydrogen-bond acceptors (Lipinski definition) is 5. The van der Waals surface area contributed by atoms with E-state index >= 15 is 0 Å². The largest absolute Gasteiger partial charge is 0.347 e. The average Bonchev–Trinajstić information content (AvgIpc) is 3.01. The molecule has 100 valence electrons. The van der Waals surface area contributed by atoms with Crippen LogP contribution in [0.15, 0.2) is 17.6 Å². The van der Waals surface area contributed by atoms with Gasteiger partial charge in [-0.2, -0.15) is 4.31 Å². The van der Waals surface area contributed by atoms with Crippen molar-refractivity contribution in [2.45, 2.75) is 23.7 Å². The SMILES string of the molecule is O=S(=O)(c1cnc[nH]1)N1CCC2(CC1)OCCO2. The van der Waals surface area contributed by atoms with Gasteiger partial charge in [0.25, 0.3) is 10.0 Å². The minimum atomic E-state index is -3.46. The maximum absolute atomic E-state index is 12.2. The molecule has 1 aromatic heterocycles. The van der Waals surface area contributed by atoms with Crippen LogP contribution in [0.1, 0.15) is 12.8 Å². The van der Waals surface area contributed by atoms with E-state index in [1.54, 1.807) is 0 Å². The first-order valence-corrected chi connectivity index (χ1v) is 7.33. The first-order chi connectivity index (χ1) is 8.62. The second kappa shape index (κ2) is 4.30. The standard InChI is InChI=1S/C10H15N3O4S/c14-18(15,9-7-11-8-12-9)13-3-1-10(2-4-13)16-5-6-17-10/h7-8H,1-6H2,(H,11,12). The van der Waals surface area contributed by atoms with E-state index < -0.39 is 15.8 Å². The van der Waals surface area contributed by atoms with Crippen LogP contribution in [0.2, 0.25) is 0 Å². The van der Waals surface area contributed by atoms with Crippen LogP contribution in [0.5, 0.6) is 0 Å². The van der Waals surface area contributed by atoms with E-state index in [1.165, 1.54) is 16.8 Å². The molecule has 3 rings (SSSR count).